The highest BCUT2D eigenvalue weighted by Gasteiger charge is 2.46. The number of nitrogens with zero attached hydrogens (tertiary/aromatic N) is 3. The van der Waals surface area contributed by atoms with E-state index in [0.717, 1.165) is 16.7 Å². The number of likely N-dealkylation sites (tertiary alicyclic amines) is 1. The summed E-state index contributed by atoms with van der Waals surface area (Å²) >= 11 is 0. The maximum absolute atomic E-state index is 13.4. The number of aromatic nitrogens is 2. The Labute approximate surface area is 215 Å². The topological polar surface area (TPSA) is 84.1 Å². The Kier molecular flexibility index (Phi) is 6.53. The van der Waals surface area contributed by atoms with Crippen molar-refractivity contribution in [2.45, 2.75) is 33.2 Å². The highest BCUT2D eigenvalue weighted by molar-refractivity contribution is 6.46. The fourth-order valence-electron chi connectivity index (χ4n) is 4.94. The number of ether oxygens (including phenoxy) is 1. The number of rotatable bonds is 7. The summed E-state index contributed by atoms with van der Waals surface area (Å²) in [5, 5.41) is 11.5. The molecule has 1 fully saturated rings. The summed E-state index contributed by atoms with van der Waals surface area (Å²) in [5.74, 6) is -0.911. The molecule has 7 heteroatoms. The van der Waals surface area contributed by atoms with Crippen LogP contribution in [0.4, 0.5) is 0 Å². The Morgan fingerprint density at radius 1 is 1.00 bits per heavy atom. The third-order valence-electron chi connectivity index (χ3n) is 6.84. The minimum Gasteiger partial charge on any atom is -0.505 e. The second-order valence-electron chi connectivity index (χ2n) is 9.16. The molecule has 0 saturated carbocycles. The van der Waals surface area contributed by atoms with Gasteiger partial charge in [-0.15, -0.1) is 0 Å². The van der Waals surface area contributed by atoms with Crippen LogP contribution in [0.3, 0.4) is 0 Å². The van der Waals surface area contributed by atoms with Crippen LogP contribution < -0.4 is 4.74 Å². The maximum Gasteiger partial charge on any atom is 0.295 e. The lowest BCUT2D eigenvalue weighted by molar-refractivity contribution is -0.139. The Balaban J connectivity index is 1.63. The molecule has 0 radical (unpaired) electrons. The monoisotopic (exact) mass is 495 g/mol. The summed E-state index contributed by atoms with van der Waals surface area (Å²) in [7, 11) is 0. The van der Waals surface area contributed by atoms with Crippen molar-refractivity contribution in [3.05, 3.63) is 107 Å². The molecule has 188 valence electrons. The first-order valence-electron chi connectivity index (χ1n) is 12.4. The van der Waals surface area contributed by atoms with Gasteiger partial charge in [0.15, 0.2) is 5.76 Å². The van der Waals surface area contributed by atoms with Gasteiger partial charge in [-0.2, -0.15) is 0 Å². The summed E-state index contributed by atoms with van der Waals surface area (Å²) in [6.07, 6.45) is 2.44. The molecule has 1 saturated heterocycles. The third-order valence-corrected chi connectivity index (χ3v) is 6.84. The van der Waals surface area contributed by atoms with Gasteiger partial charge in [-0.3, -0.25) is 9.59 Å². The molecule has 3 heterocycles. The molecule has 4 aromatic rings. The van der Waals surface area contributed by atoms with Crippen LogP contribution in [0, 0.1) is 13.8 Å². The van der Waals surface area contributed by atoms with E-state index in [1.807, 2.05) is 98.1 Å². The molecule has 0 aliphatic carbocycles. The molecule has 2 aromatic carbocycles. The van der Waals surface area contributed by atoms with Crippen molar-refractivity contribution in [3.63, 3.8) is 0 Å². The average molecular weight is 496 g/mol. The van der Waals surface area contributed by atoms with Gasteiger partial charge in [0.05, 0.1) is 23.9 Å². The number of imidazole rings is 1. The zero-order valence-corrected chi connectivity index (χ0v) is 21.1. The second kappa shape index (κ2) is 9.93. The Morgan fingerprint density at radius 3 is 2.41 bits per heavy atom. The van der Waals surface area contributed by atoms with Crippen molar-refractivity contribution < 1.29 is 19.4 Å². The number of carbonyl (C=O) groups is 2. The van der Waals surface area contributed by atoms with Gasteiger partial charge in [-0.05, 0) is 62.1 Å². The number of ketones is 1. The number of fused-ring (bicyclic) bond motifs is 1. The molecular formula is C30H29N3O4. The number of aliphatic hydroxyl groups is 1. The van der Waals surface area contributed by atoms with Gasteiger partial charge < -0.3 is 19.1 Å². The minimum absolute atomic E-state index is 0.0476. The maximum atomic E-state index is 13.4. The van der Waals surface area contributed by atoms with Gasteiger partial charge in [0.1, 0.15) is 17.1 Å². The van der Waals surface area contributed by atoms with Crippen LogP contribution in [0.25, 0.3) is 11.4 Å². The smallest absolute Gasteiger partial charge is 0.295 e. The summed E-state index contributed by atoms with van der Waals surface area (Å²) in [6, 6.07) is 20.2. The quantitative estimate of drug-likeness (QED) is 0.221. The normalized spacial score (nSPS) is 17.1. The second-order valence-corrected chi connectivity index (χ2v) is 9.16. The number of carbonyl (C=O) groups excluding carboxylic acids is 2. The van der Waals surface area contributed by atoms with Crippen LogP contribution in [0.15, 0.2) is 78.5 Å². The van der Waals surface area contributed by atoms with Crippen LogP contribution in [0.1, 0.15) is 41.0 Å². The lowest BCUT2D eigenvalue weighted by Gasteiger charge is -2.25. The lowest BCUT2D eigenvalue weighted by Crippen LogP contribution is -2.31. The number of pyridine rings is 1. The van der Waals surface area contributed by atoms with Gasteiger partial charge in [0.2, 0.25) is 0 Å². The minimum atomic E-state index is -0.746. The van der Waals surface area contributed by atoms with Crippen LogP contribution in [-0.4, -0.2) is 44.2 Å². The SMILES string of the molecule is CCOc1ccc(C2/C(=C(\O)c3nc4c(C)cccn4c3C)C(=O)C(=O)N2CCc2ccccc2)cc1. The number of aliphatic hydroxyl groups excluding tert-OH is 1. The molecule has 0 bridgehead atoms. The molecular weight excluding hydrogens is 466 g/mol. The van der Waals surface area contributed by atoms with Gasteiger partial charge >= 0.3 is 0 Å². The first-order chi connectivity index (χ1) is 17.9. The predicted molar refractivity (Wildman–Crippen MR) is 141 cm³/mol. The molecule has 7 nitrogen and oxygen atoms in total. The van der Waals surface area contributed by atoms with E-state index in [2.05, 4.69) is 4.98 Å². The number of benzene rings is 2. The number of hydrogen-bond acceptors (Lipinski definition) is 5. The molecule has 1 aliphatic rings. The largest absolute Gasteiger partial charge is 0.505 e. The van der Waals surface area contributed by atoms with Crippen molar-refractivity contribution >= 4 is 23.1 Å². The Morgan fingerprint density at radius 2 is 1.73 bits per heavy atom. The molecule has 1 unspecified atom stereocenters. The highest BCUT2D eigenvalue weighted by Crippen LogP contribution is 2.40. The number of aryl methyl sites for hydroxylation is 2. The fourth-order valence-corrected chi connectivity index (χ4v) is 4.94. The van der Waals surface area contributed by atoms with Gasteiger partial charge in [0, 0.05) is 12.7 Å². The van der Waals surface area contributed by atoms with Crippen molar-refractivity contribution in [2.24, 2.45) is 0 Å². The number of Topliss-reactive ketones (excluding diaryl/α,β-unsaturated/α-hetero) is 1. The first kappa shape index (κ1) is 24.3. The van der Waals surface area contributed by atoms with Crippen LogP contribution >= 0.6 is 0 Å². The standard InChI is InChI=1S/C30H29N3O4/c1-4-37-23-14-12-22(13-15-23)26-24(27(34)25-20(3)32-17-8-9-19(2)29(32)31-25)28(35)30(36)33(26)18-16-21-10-6-5-7-11-21/h5-15,17,26,34H,4,16,18H2,1-3H3/b27-24+. The molecule has 2 aromatic heterocycles. The summed E-state index contributed by atoms with van der Waals surface area (Å²) in [4.78, 5) is 32.9. The van der Waals surface area contributed by atoms with Crippen molar-refractivity contribution in [1.82, 2.24) is 14.3 Å². The Bertz CT molecular complexity index is 1500. The van der Waals surface area contributed by atoms with Crippen molar-refractivity contribution in [1.29, 1.82) is 0 Å². The molecule has 0 spiro atoms. The summed E-state index contributed by atoms with van der Waals surface area (Å²) in [5.41, 5.74) is 4.44. The third kappa shape index (κ3) is 4.37. The van der Waals surface area contributed by atoms with E-state index in [4.69, 9.17) is 4.74 Å². The van der Waals surface area contributed by atoms with Crippen molar-refractivity contribution in [2.75, 3.05) is 13.2 Å². The molecule has 1 atom stereocenters. The van der Waals surface area contributed by atoms with Gasteiger partial charge in [-0.25, -0.2) is 4.98 Å². The van der Waals surface area contributed by atoms with E-state index >= 15 is 0 Å². The van der Waals surface area contributed by atoms with E-state index in [0.29, 0.717) is 42.4 Å². The molecule has 5 rings (SSSR count). The lowest BCUT2D eigenvalue weighted by atomic mass is 9.96. The van der Waals surface area contributed by atoms with E-state index in [-0.39, 0.29) is 11.3 Å². The predicted octanol–water partition coefficient (Wildman–Crippen LogP) is 5.01. The highest BCUT2D eigenvalue weighted by atomic mass is 16.5. The molecule has 1 amide bonds. The van der Waals surface area contributed by atoms with Crippen LogP contribution in [-0.2, 0) is 16.0 Å². The van der Waals surface area contributed by atoms with Gasteiger partial charge in [-0.1, -0.05) is 48.5 Å². The van der Waals surface area contributed by atoms with Crippen molar-refractivity contribution in [3.8, 4) is 5.75 Å². The fraction of sp³-hybridized carbons (Fsp3) is 0.233. The van der Waals surface area contributed by atoms with Crippen LogP contribution in [0.2, 0.25) is 0 Å². The van der Waals surface area contributed by atoms with E-state index < -0.39 is 17.7 Å². The van der Waals surface area contributed by atoms with E-state index in [9.17, 15) is 14.7 Å². The number of hydrogen-bond donors (Lipinski definition) is 1. The molecule has 1 aliphatic heterocycles. The Hall–Kier alpha value is -4.39. The van der Waals surface area contributed by atoms with Gasteiger partial charge in [0.25, 0.3) is 11.7 Å². The summed E-state index contributed by atoms with van der Waals surface area (Å²) in [6.45, 7) is 6.54. The van der Waals surface area contributed by atoms with E-state index in [1.165, 1.54) is 0 Å². The molecule has 1 N–H and O–H groups in total. The van der Waals surface area contributed by atoms with Crippen LogP contribution in [0.5, 0.6) is 5.75 Å². The molecule has 37 heavy (non-hydrogen) atoms. The number of amides is 1. The first-order valence-corrected chi connectivity index (χ1v) is 12.4. The van der Waals surface area contributed by atoms with E-state index in [1.54, 1.807) is 4.90 Å². The zero-order valence-electron chi connectivity index (χ0n) is 21.1. The average Bonchev–Trinajstić information content (AvgIpc) is 3.38. The zero-order chi connectivity index (χ0) is 26.1. The summed E-state index contributed by atoms with van der Waals surface area (Å²) < 4.78 is 7.46.